The molecule has 0 aromatic heterocycles. The van der Waals surface area contributed by atoms with Crippen LogP contribution in [0.5, 0.6) is 5.75 Å². The molecule has 0 amide bonds. The number of benzene rings is 2. The Kier molecular flexibility index (Phi) is 4.34. The van der Waals surface area contributed by atoms with E-state index in [0.29, 0.717) is 13.2 Å². The van der Waals surface area contributed by atoms with Crippen LogP contribution in [0.25, 0.3) is 0 Å². The Balaban J connectivity index is 1.81. The van der Waals surface area contributed by atoms with Gasteiger partial charge in [0.2, 0.25) is 0 Å². The van der Waals surface area contributed by atoms with Crippen LogP contribution in [-0.2, 0) is 0 Å². The highest BCUT2D eigenvalue weighted by Gasteiger charge is 2.04. The first-order valence-corrected chi connectivity index (χ1v) is 6.03. The quantitative estimate of drug-likeness (QED) is 0.829. The van der Waals surface area contributed by atoms with Crippen LogP contribution in [0, 0.1) is 18.6 Å². The largest absolute Gasteiger partial charge is 0.489 e. The number of rotatable bonds is 5. The molecule has 0 heterocycles. The van der Waals surface area contributed by atoms with E-state index in [1.807, 2.05) is 31.2 Å². The van der Waals surface area contributed by atoms with Gasteiger partial charge in [-0.3, -0.25) is 0 Å². The lowest BCUT2D eigenvalue weighted by molar-refractivity contribution is 0.314. The van der Waals surface area contributed by atoms with Gasteiger partial charge in [-0.05, 0) is 36.8 Å². The summed E-state index contributed by atoms with van der Waals surface area (Å²) in [5.74, 6) is -1.23. The van der Waals surface area contributed by atoms with E-state index in [2.05, 4.69) is 5.32 Å². The molecule has 0 bridgehead atoms. The Morgan fingerprint density at radius 1 is 1.11 bits per heavy atom. The fourth-order valence-electron chi connectivity index (χ4n) is 1.70. The Morgan fingerprint density at radius 2 is 1.95 bits per heavy atom. The van der Waals surface area contributed by atoms with Crippen LogP contribution in [0.2, 0.25) is 0 Å². The van der Waals surface area contributed by atoms with E-state index in [0.717, 1.165) is 17.3 Å². The number of hydrogen-bond acceptors (Lipinski definition) is 2. The third kappa shape index (κ3) is 3.95. The van der Waals surface area contributed by atoms with Gasteiger partial charge in [-0.25, -0.2) is 8.78 Å². The summed E-state index contributed by atoms with van der Waals surface area (Å²) in [6.07, 6.45) is 0. The maximum absolute atomic E-state index is 13.3. The Morgan fingerprint density at radius 3 is 2.68 bits per heavy atom. The lowest BCUT2D eigenvalue weighted by Gasteiger charge is -2.09. The monoisotopic (exact) mass is 263 g/mol. The minimum Gasteiger partial charge on any atom is -0.489 e. The molecule has 0 saturated heterocycles. The predicted molar refractivity (Wildman–Crippen MR) is 71.5 cm³/mol. The van der Waals surface area contributed by atoms with Gasteiger partial charge in [0.1, 0.15) is 12.4 Å². The summed E-state index contributed by atoms with van der Waals surface area (Å²) in [5, 5.41) is 3.17. The van der Waals surface area contributed by atoms with Crippen molar-refractivity contribution in [1.82, 2.24) is 0 Å². The number of aryl methyl sites for hydroxylation is 1. The first-order chi connectivity index (χ1) is 9.15. The van der Waals surface area contributed by atoms with Crippen molar-refractivity contribution in [1.29, 1.82) is 0 Å². The minimum absolute atomic E-state index is 0.0624. The molecule has 1 N–H and O–H groups in total. The summed E-state index contributed by atoms with van der Waals surface area (Å²) >= 11 is 0. The van der Waals surface area contributed by atoms with Gasteiger partial charge < -0.3 is 10.1 Å². The molecule has 0 aliphatic carbocycles. The molecule has 0 spiro atoms. The highest BCUT2D eigenvalue weighted by molar-refractivity contribution is 5.45. The van der Waals surface area contributed by atoms with E-state index in [1.165, 1.54) is 12.1 Å². The van der Waals surface area contributed by atoms with E-state index in [1.54, 1.807) is 0 Å². The molecule has 0 atom stereocenters. The maximum atomic E-state index is 13.3. The molecule has 0 aliphatic rings. The van der Waals surface area contributed by atoms with E-state index >= 15 is 0 Å². The number of nitrogens with one attached hydrogen (secondary N) is 1. The predicted octanol–water partition coefficient (Wildman–Crippen LogP) is 3.76. The van der Waals surface area contributed by atoms with Crippen LogP contribution in [0.1, 0.15) is 5.56 Å². The third-order valence-corrected chi connectivity index (χ3v) is 2.60. The normalized spacial score (nSPS) is 10.3. The zero-order chi connectivity index (χ0) is 13.7. The van der Waals surface area contributed by atoms with Crippen LogP contribution >= 0.6 is 0 Å². The molecular formula is C15H15F2NO. The van der Waals surface area contributed by atoms with Crippen molar-refractivity contribution in [2.24, 2.45) is 0 Å². The number of anilines is 1. The summed E-state index contributed by atoms with van der Waals surface area (Å²) in [6, 6.07) is 11.2. The second-order valence-corrected chi connectivity index (χ2v) is 4.22. The topological polar surface area (TPSA) is 21.3 Å². The molecule has 4 heteroatoms. The molecule has 0 aliphatic heterocycles. The maximum Gasteiger partial charge on any atom is 0.167 e. The molecule has 2 nitrogen and oxygen atoms in total. The fourth-order valence-corrected chi connectivity index (χ4v) is 1.70. The minimum atomic E-state index is -0.685. The first-order valence-electron chi connectivity index (χ1n) is 6.03. The molecular weight excluding hydrogens is 248 g/mol. The van der Waals surface area contributed by atoms with Crippen molar-refractivity contribution >= 4 is 5.69 Å². The SMILES string of the molecule is Cc1cccc(NCCOc2ccc(F)cc2F)c1. The Labute approximate surface area is 111 Å². The van der Waals surface area contributed by atoms with Crippen LogP contribution < -0.4 is 10.1 Å². The number of ether oxygens (including phenoxy) is 1. The second-order valence-electron chi connectivity index (χ2n) is 4.22. The zero-order valence-electron chi connectivity index (χ0n) is 10.6. The van der Waals surface area contributed by atoms with Crippen molar-refractivity contribution in [3.8, 4) is 5.75 Å². The van der Waals surface area contributed by atoms with Crippen molar-refractivity contribution in [3.63, 3.8) is 0 Å². The van der Waals surface area contributed by atoms with Crippen LogP contribution in [0.4, 0.5) is 14.5 Å². The van der Waals surface area contributed by atoms with Gasteiger partial charge in [-0.2, -0.15) is 0 Å². The molecule has 2 aromatic carbocycles. The summed E-state index contributed by atoms with van der Waals surface area (Å²) in [7, 11) is 0. The Hall–Kier alpha value is -2.10. The van der Waals surface area contributed by atoms with Crippen molar-refractivity contribution < 1.29 is 13.5 Å². The van der Waals surface area contributed by atoms with Gasteiger partial charge in [0.05, 0.1) is 0 Å². The molecule has 0 unspecified atom stereocenters. The fraction of sp³-hybridized carbons (Fsp3) is 0.200. The summed E-state index contributed by atoms with van der Waals surface area (Å²) in [6.45, 7) is 2.85. The summed E-state index contributed by atoms with van der Waals surface area (Å²) in [4.78, 5) is 0. The molecule has 100 valence electrons. The zero-order valence-corrected chi connectivity index (χ0v) is 10.6. The number of halogens is 2. The van der Waals surface area contributed by atoms with Crippen LogP contribution in [0.3, 0.4) is 0 Å². The molecule has 2 rings (SSSR count). The van der Waals surface area contributed by atoms with Crippen molar-refractivity contribution in [3.05, 3.63) is 59.7 Å². The van der Waals surface area contributed by atoms with Gasteiger partial charge in [-0.1, -0.05) is 12.1 Å². The van der Waals surface area contributed by atoms with E-state index < -0.39 is 11.6 Å². The molecule has 0 radical (unpaired) electrons. The van der Waals surface area contributed by atoms with Crippen LogP contribution in [0.15, 0.2) is 42.5 Å². The lowest BCUT2D eigenvalue weighted by Crippen LogP contribution is -2.12. The van der Waals surface area contributed by atoms with Crippen molar-refractivity contribution in [2.45, 2.75) is 6.92 Å². The second kappa shape index (κ2) is 6.18. The highest BCUT2D eigenvalue weighted by Crippen LogP contribution is 2.17. The highest BCUT2D eigenvalue weighted by atomic mass is 19.1. The summed E-state index contributed by atoms with van der Waals surface area (Å²) in [5.41, 5.74) is 2.15. The average molecular weight is 263 g/mol. The average Bonchev–Trinajstić information content (AvgIpc) is 2.37. The Bertz CT molecular complexity index is 558. The van der Waals surface area contributed by atoms with Gasteiger partial charge in [0, 0.05) is 18.3 Å². The van der Waals surface area contributed by atoms with Gasteiger partial charge in [-0.15, -0.1) is 0 Å². The van der Waals surface area contributed by atoms with Gasteiger partial charge in [0.15, 0.2) is 11.6 Å². The molecule has 0 fully saturated rings. The first kappa shape index (κ1) is 13.3. The molecule has 19 heavy (non-hydrogen) atoms. The van der Waals surface area contributed by atoms with Crippen LogP contribution in [-0.4, -0.2) is 13.2 Å². The standard InChI is InChI=1S/C15H15F2NO/c1-11-3-2-4-13(9-11)18-7-8-19-15-6-5-12(16)10-14(15)17/h2-6,9-10,18H,7-8H2,1H3. The smallest absolute Gasteiger partial charge is 0.167 e. The van der Waals surface area contributed by atoms with Gasteiger partial charge in [0.25, 0.3) is 0 Å². The summed E-state index contributed by atoms with van der Waals surface area (Å²) < 4.78 is 31.2. The molecule has 0 saturated carbocycles. The van der Waals surface area contributed by atoms with E-state index in [-0.39, 0.29) is 5.75 Å². The van der Waals surface area contributed by atoms with Crippen molar-refractivity contribution in [2.75, 3.05) is 18.5 Å². The molecule has 2 aromatic rings. The van der Waals surface area contributed by atoms with Gasteiger partial charge >= 0.3 is 0 Å². The lowest BCUT2D eigenvalue weighted by atomic mass is 10.2. The van der Waals surface area contributed by atoms with E-state index in [4.69, 9.17) is 4.74 Å². The number of hydrogen-bond donors (Lipinski definition) is 1. The van der Waals surface area contributed by atoms with E-state index in [9.17, 15) is 8.78 Å². The third-order valence-electron chi connectivity index (χ3n) is 2.60.